The van der Waals surface area contributed by atoms with Crippen LogP contribution in [0.1, 0.15) is 5.56 Å². The molecule has 0 aliphatic carbocycles. The van der Waals surface area contributed by atoms with Crippen LogP contribution in [0.15, 0.2) is 67.8 Å². The van der Waals surface area contributed by atoms with Crippen LogP contribution >= 0.6 is 0 Å². The number of rotatable bonds is 7. The average Bonchev–Trinajstić information content (AvgIpc) is 2.53. The molecule has 2 N–H and O–H groups in total. The van der Waals surface area contributed by atoms with Crippen molar-refractivity contribution in [3.05, 3.63) is 73.3 Å². The highest BCUT2D eigenvalue weighted by molar-refractivity contribution is 5.89. The molecule has 2 heteroatoms. The van der Waals surface area contributed by atoms with Crippen molar-refractivity contribution in [3.63, 3.8) is 0 Å². The van der Waals surface area contributed by atoms with Crippen LogP contribution < -0.4 is 10.6 Å². The van der Waals surface area contributed by atoms with E-state index in [4.69, 9.17) is 0 Å². The fourth-order valence-corrected chi connectivity index (χ4v) is 2.32. The first-order chi connectivity index (χ1) is 10.3. The largest absolute Gasteiger partial charge is 0.380 e. The summed E-state index contributed by atoms with van der Waals surface area (Å²) in [5.74, 6) is 0. The van der Waals surface area contributed by atoms with E-state index in [1.54, 1.807) is 0 Å². The van der Waals surface area contributed by atoms with Gasteiger partial charge in [0.15, 0.2) is 0 Å². The summed E-state index contributed by atoms with van der Waals surface area (Å²) in [7, 11) is 0. The molecule has 0 amide bonds. The van der Waals surface area contributed by atoms with Gasteiger partial charge in [-0.15, -0.1) is 13.2 Å². The van der Waals surface area contributed by atoms with Gasteiger partial charge in [-0.2, -0.15) is 0 Å². The number of aryl methyl sites for hydroxylation is 1. The Morgan fingerprint density at radius 3 is 2.10 bits per heavy atom. The zero-order chi connectivity index (χ0) is 15.1. The van der Waals surface area contributed by atoms with Crippen molar-refractivity contribution in [3.8, 4) is 11.1 Å². The van der Waals surface area contributed by atoms with E-state index in [9.17, 15) is 0 Å². The summed E-state index contributed by atoms with van der Waals surface area (Å²) >= 11 is 0. The molecule has 0 heterocycles. The number of anilines is 2. The maximum Gasteiger partial charge on any atom is 0.0660 e. The molecule has 0 saturated carbocycles. The van der Waals surface area contributed by atoms with Gasteiger partial charge >= 0.3 is 0 Å². The van der Waals surface area contributed by atoms with Crippen molar-refractivity contribution in [1.29, 1.82) is 0 Å². The Kier molecular flexibility index (Phi) is 5.22. The second-order valence-electron chi connectivity index (χ2n) is 4.89. The average molecular weight is 278 g/mol. The number of benzene rings is 2. The summed E-state index contributed by atoms with van der Waals surface area (Å²) in [6.07, 6.45) is 3.74. The van der Waals surface area contributed by atoms with E-state index in [2.05, 4.69) is 67.1 Å². The Morgan fingerprint density at radius 2 is 1.48 bits per heavy atom. The first-order valence-corrected chi connectivity index (χ1v) is 7.16. The molecule has 0 bridgehead atoms. The normalized spacial score (nSPS) is 9.95. The summed E-state index contributed by atoms with van der Waals surface area (Å²) in [5.41, 5.74) is 5.84. The SMILES string of the molecule is C=CCNc1c(C)ccc(-c2ccccc2)c1NCC=C. The highest BCUT2D eigenvalue weighted by Gasteiger charge is 2.11. The van der Waals surface area contributed by atoms with Crippen molar-refractivity contribution >= 4 is 11.4 Å². The van der Waals surface area contributed by atoms with Crippen LogP contribution in [0.2, 0.25) is 0 Å². The summed E-state index contributed by atoms with van der Waals surface area (Å²) in [6, 6.07) is 14.7. The van der Waals surface area contributed by atoms with Crippen molar-refractivity contribution in [2.24, 2.45) is 0 Å². The third kappa shape index (κ3) is 3.54. The van der Waals surface area contributed by atoms with E-state index in [-0.39, 0.29) is 0 Å². The smallest absolute Gasteiger partial charge is 0.0660 e. The molecule has 0 fully saturated rings. The van der Waals surface area contributed by atoms with Gasteiger partial charge in [0, 0.05) is 18.7 Å². The van der Waals surface area contributed by atoms with Gasteiger partial charge in [0.2, 0.25) is 0 Å². The highest BCUT2D eigenvalue weighted by atomic mass is 15.0. The van der Waals surface area contributed by atoms with E-state index >= 15 is 0 Å². The maximum atomic E-state index is 3.79. The van der Waals surface area contributed by atoms with Gasteiger partial charge in [0.1, 0.15) is 0 Å². The van der Waals surface area contributed by atoms with Crippen LogP contribution in [-0.2, 0) is 0 Å². The fourth-order valence-electron chi connectivity index (χ4n) is 2.32. The molecule has 0 aromatic heterocycles. The highest BCUT2D eigenvalue weighted by Crippen LogP contribution is 2.36. The van der Waals surface area contributed by atoms with Gasteiger partial charge in [-0.3, -0.25) is 0 Å². The van der Waals surface area contributed by atoms with Crippen LogP contribution in [0.4, 0.5) is 11.4 Å². The van der Waals surface area contributed by atoms with Crippen LogP contribution in [0.5, 0.6) is 0 Å². The molecule has 0 atom stereocenters. The second kappa shape index (κ2) is 7.34. The molecule has 0 radical (unpaired) electrons. The first kappa shape index (κ1) is 14.9. The van der Waals surface area contributed by atoms with Gasteiger partial charge in [0.05, 0.1) is 11.4 Å². The van der Waals surface area contributed by atoms with E-state index in [1.165, 1.54) is 16.7 Å². The van der Waals surface area contributed by atoms with E-state index in [0.29, 0.717) is 0 Å². The van der Waals surface area contributed by atoms with Gasteiger partial charge in [-0.05, 0) is 18.1 Å². The second-order valence-corrected chi connectivity index (χ2v) is 4.89. The topological polar surface area (TPSA) is 24.1 Å². The molecule has 2 aromatic carbocycles. The zero-order valence-electron chi connectivity index (χ0n) is 12.5. The Bertz CT molecular complexity index is 615. The van der Waals surface area contributed by atoms with Crippen molar-refractivity contribution in [2.45, 2.75) is 6.92 Å². The van der Waals surface area contributed by atoms with Crippen LogP contribution in [0.25, 0.3) is 11.1 Å². The molecule has 0 unspecified atom stereocenters. The molecule has 0 aliphatic heterocycles. The predicted molar refractivity (Wildman–Crippen MR) is 94.0 cm³/mol. The van der Waals surface area contributed by atoms with Crippen LogP contribution in [0, 0.1) is 6.92 Å². The number of hydrogen-bond donors (Lipinski definition) is 2. The number of nitrogens with one attached hydrogen (secondary N) is 2. The van der Waals surface area contributed by atoms with Crippen molar-refractivity contribution in [2.75, 3.05) is 23.7 Å². The Balaban J connectivity index is 2.52. The third-order valence-corrected chi connectivity index (χ3v) is 3.34. The van der Waals surface area contributed by atoms with Gasteiger partial charge < -0.3 is 10.6 Å². The van der Waals surface area contributed by atoms with Gasteiger partial charge in [-0.1, -0.05) is 54.6 Å². The minimum atomic E-state index is 0.728. The van der Waals surface area contributed by atoms with E-state index < -0.39 is 0 Å². The minimum Gasteiger partial charge on any atom is -0.380 e. The third-order valence-electron chi connectivity index (χ3n) is 3.34. The fraction of sp³-hybridized carbons (Fsp3) is 0.158. The molecule has 0 spiro atoms. The zero-order valence-corrected chi connectivity index (χ0v) is 12.5. The monoisotopic (exact) mass is 278 g/mol. The lowest BCUT2D eigenvalue weighted by Gasteiger charge is -2.19. The Hall–Kier alpha value is -2.48. The summed E-state index contributed by atoms with van der Waals surface area (Å²) < 4.78 is 0. The maximum absolute atomic E-state index is 3.79. The summed E-state index contributed by atoms with van der Waals surface area (Å²) in [5, 5.41) is 6.90. The quantitative estimate of drug-likeness (QED) is 0.707. The van der Waals surface area contributed by atoms with E-state index in [0.717, 1.165) is 24.5 Å². The lowest BCUT2D eigenvalue weighted by atomic mass is 9.99. The molecule has 0 saturated heterocycles. The predicted octanol–water partition coefficient (Wildman–Crippen LogP) is 4.86. The molecule has 108 valence electrons. The first-order valence-electron chi connectivity index (χ1n) is 7.16. The van der Waals surface area contributed by atoms with Gasteiger partial charge in [0.25, 0.3) is 0 Å². The lowest BCUT2D eigenvalue weighted by Crippen LogP contribution is -2.08. The molecule has 2 rings (SSSR count). The lowest BCUT2D eigenvalue weighted by molar-refractivity contribution is 1.27. The molecular formula is C19H22N2. The van der Waals surface area contributed by atoms with Gasteiger partial charge in [-0.25, -0.2) is 0 Å². The molecular weight excluding hydrogens is 256 g/mol. The van der Waals surface area contributed by atoms with E-state index in [1.807, 2.05) is 18.2 Å². The van der Waals surface area contributed by atoms with Crippen LogP contribution in [0.3, 0.4) is 0 Å². The molecule has 21 heavy (non-hydrogen) atoms. The Morgan fingerprint density at radius 1 is 0.857 bits per heavy atom. The van der Waals surface area contributed by atoms with Crippen molar-refractivity contribution in [1.82, 2.24) is 0 Å². The molecule has 2 nitrogen and oxygen atoms in total. The van der Waals surface area contributed by atoms with Crippen molar-refractivity contribution < 1.29 is 0 Å². The van der Waals surface area contributed by atoms with Crippen LogP contribution in [-0.4, -0.2) is 13.1 Å². The molecule has 2 aromatic rings. The molecule has 0 aliphatic rings. The Labute approximate surface area is 127 Å². The number of hydrogen-bond acceptors (Lipinski definition) is 2. The summed E-state index contributed by atoms with van der Waals surface area (Å²) in [6.45, 7) is 11.1. The standard InChI is InChI=1S/C19H22N2/c1-4-13-20-18-15(3)11-12-17(19(18)21-14-5-2)16-9-7-6-8-10-16/h4-12,20-21H,1-2,13-14H2,3H3. The minimum absolute atomic E-state index is 0.728. The summed E-state index contributed by atoms with van der Waals surface area (Å²) in [4.78, 5) is 0.